The van der Waals surface area contributed by atoms with Crippen molar-refractivity contribution in [2.75, 3.05) is 26.3 Å². The molecule has 0 radical (unpaired) electrons. The Morgan fingerprint density at radius 3 is 2.38 bits per heavy atom. The van der Waals surface area contributed by atoms with Gasteiger partial charge in [-0.3, -0.25) is 9.69 Å². The summed E-state index contributed by atoms with van der Waals surface area (Å²) in [5.74, 6) is -0.232. The number of nitrogens with zero attached hydrogens (tertiary/aromatic N) is 1. The lowest BCUT2D eigenvalue weighted by Crippen LogP contribution is -2.45. The average molecular weight is 227 g/mol. The summed E-state index contributed by atoms with van der Waals surface area (Å²) in [6.45, 7) is 3.81. The van der Waals surface area contributed by atoms with E-state index in [1.165, 1.54) is 0 Å². The first-order valence-electron chi connectivity index (χ1n) is 6.29. The van der Waals surface area contributed by atoms with E-state index in [2.05, 4.69) is 4.90 Å². The molecule has 0 amide bonds. The van der Waals surface area contributed by atoms with Gasteiger partial charge in [-0.15, -0.1) is 0 Å². The highest BCUT2D eigenvalue weighted by Crippen LogP contribution is 2.29. The summed E-state index contributed by atoms with van der Waals surface area (Å²) in [5, 5.41) is 8.75. The second kappa shape index (κ2) is 5.64. The van der Waals surface area contributed by atoms with Gasteiger partial charge in [0.1, 0.15) is 0 Å². The van der Waals surface area contributed by atoms with Gasteiger partial charge in [-0.2, -0.15) is 0 Å². The van der Waals surface area contributed by atoms with Crippen molar-refractivity contribution >= 4 is 5.97 Å². The SMILES string of the molecule is O=C(O)CC1CCC(N2CCOCC2)CC1. The summed E-state index contributed by atoms with van der Waals surface area (Å²) in [7, 11) is 0. The van der Waals surface area contributed by atoms with E-state index in [0.717, 1.165) is 52.0 Å². The molecule has 1 heterocycles. The van der Waals surface area contributed by atoms with Crippen LogP contribution >= 0.6 is 0 Å². The Bertz CT molecular complexity index is 230. The molecule has 16 heavy (non-hydrogen) atoms. The molecule has 4 heteroatoms. The normalized spacial score (nSPS) is 32.5. The number of aliphatic carboxylic acids is 1. The number of morpholine rings is 1. The third-order valence-electron chi connectivity index (χ3n) is 3.84. The van der Waals surface area contributed by atoms with Crippen molar-refractivity contribution in [2.45, 2.75) is 38.1 Å². The van der Waals surface area contributed by atoms with Gasteiger partial charge in [0.25, 0.3) is 0 Å². The lowest BCUT2D eigenvalue weighted by atomic mass is 9.83. The maximum Gasteiger partial charge on any atom is 0.303 e. The van der Waals surface area contributed by atoms with Gasteiger partial charge >= 0.3 is 5.97 Å². The molecule has 0 bridgehead atoms. The first-order valence-corrected chi connectivity index (χ1v) is 6.29. The zero-order valence-corrected chi connectivity index (χ0v) is 9.73. The molecule has 0 aromatic heterocycles. The van der Waals surface area contributed by atoms with E-state index in [9.17, 15) is 4.79 Å². The Hall–Kier alpha value is -0.610. The first-order chi connectivity index (χ1) is 7.75. The molecule has 0 aromatic rings. The molecule has 2 aliphatic rings. The predicted molar refractivity (Wildman–Crippen MR) is 60.4 cm³/mol. The van der Waals surface area contributed by atoms with E-state index in [-0.39, 0.29) is 0 Å². The molecule has 1 saturated heterocycles. The van der Waals surface area contributed by atoms with E-state index < -0.39 is 5.97 Å². The average Bonchev–Trinajstić information content (AvgIpc) is 2.30. The van der Waals surface area contributed by atoms with E-state index in [1.54, 1.807) is 0 Å². The lowest BCUT2D eigenvalue weighted by molar-refractivity contribution is -0.138. The molecule has 1 N–H and O–H groups in total. The van der Waals surface area contributed by atoms with Crippen molar-refractivity contribution in [3.8, 4) is 0 Å². The van der Waals surface area contributed by atoms with Crippen LogP contribution in [0.25, 0.3) is 0 Å². The van der Waals surface area contributed by atoms with Crippen molar-refractivity contribution in [3.63, 3.8) is 0 Å². The number of ether oxygens (including phenoxy) is 1. The van der Waals surface area contributed by atoms with Crippen LogP contribution in [0.2, 0.25) is 0 Å². The largest absolute Gasteiger partial charge is 0.481 e. The monoisotopic (exact) mass is 227 g/mol. The molecule has 0 unspecified atom stereocenters. The number of carboxylic acid groups (broad SMARTS) is 1. The molecule has 0 atom stereocenters. The van der Waals surface area contributed by atoms with Crippen LogP contribution in [0, 0.1) is 5.92 Å². The van der Waals surface area contributed by atoms with Gasteiger partial charge in [-0.1, -0.05) is 0 Å². The highest BCUT2D eigenvalue weighted by atomic mass is 16.5. The molecular formula is C12H21NO3. The van der Waals surface area contributed by atoms with Crippen LogP contribution in [-0.2, 0) is 9.53 Å². The minimum Gasteiger partial charge on any atom is -0.481 e. The Morgan fingerprint density at radius 2 is 1.81 bits per heavy atom. The number of rotatable bonds is 3. The summed E-state index contributed by atoms with van der Waals surface area (Å²) in [6.07, 6.45) is 4.84. The summed E-state index contributed by atoms with van der Waals surface area (Å²) >= 11 is 0. The fourth-order valence-corrected chi connectivity index (χ4v) is 2.90. The van der Waals surface area contributed by atoms with Crippen molar-refractivity contribution in [1.82, 2.24) is 4.90 Å². The maximum atomic E-state index is 10.6. The van der Waals surface area contributed by atoms with Gasteiger partial charge in [0, 0.05) is 25.6 Å². The van der Waals surface area contributed by atoms with E-state index in [4.69, 9.17) is 9.84 Å². The van der Waals surface area contributed by atoms with Crippen LogP contribution in [0.15, 0.2) is 0 Å². The topological polar surface area (TPSA) is 49.8 Å². The molecule has 2 rings (SSSR count). The standard InChI is InChI=1S/C12H21NO3/c14-12(15)9-10-1-3-11(4-2-10)13-5-7-16-8-6-13/h10-11H,1-9H2,(H,14,15). The van der Waals surface area contributed by atoms with Crippen LogP contribution in [0.4, 0.5) is 0 Å². The molecule has 2 fully saturated rings. The minimum absolute atomic E-state index is 0.357. The van der Waals surface area contributed by atoms with E-state index >= 15 is 0 Å². The smallest absolute Gasteiger partial charge is 0.303 e. The van der Waals surface area contributed by atoms with Gasteiger partial charge in [-0.25, -0.2) is 0 Å². The molecule has 1 aliphatic carbocycles. The molecule has 0 aromatic carbocycles. The third kappa shape index (κ3) is 3.19. The van der Waals surface area contributed by atoms with Crippen LogP contribution in [-0.4, -0.2) is 48.3 Å². The van der Waals surface area contributed by atoms with Gasteiger partial charge in [0.05, 0.1) is 13.2 Å². The fourth-order valence-electron chi connectivity index (χ4n) is 2.90. The van der Waals surface area contributed by atoms with Crippen LogP contribution < -0.4 is 0 Å². The number of hydrogen-bond acceptors (Lipinski definition) is 3. The minimum atomic E-state index is -0.644. The lowest BCUT2D eigenvalue weighted by Gasteiger charge is -2.38. The number of carboxylic acids is 1. The van der Waals surface area contributed by atoms with Gasteiger partial charge < -0.3 is 9.84 Å². The predicted octanol–water partition coefficient (Wildman–Crippen LogP) is 1.35. The zero-order valence-electron chi connectivity index (χ0n) is 9.73. The second-order valence-corrected chi connectivity index (χ2v) is 4.92. The Kier molecular flexibility index (Phi) is 4.18. The molecular weight excluding hydrogens is 206 g/mol. The van der Waals surface area contributed by atoms with Crippen LogP contribution in [0.1, 0.15) is 32.1 Å². The second-order valence-electron chi connectivity index (χ2n) is 4.92. The van der Waals surface area contributed by atoms with Crippen molar-refractivity contribution in [2.24, 2.45) is 5.92 Å². The zero-order chi connectivity index (χ0) is 11.4. The Morgan fingerprint density at radius 1 is 1.19 bits per heavy atom. The van der Waals surface area contributed by atoms with Crippen molar-refractivity contribution < 1.29 is 14.6 Å². The Labute approximate surface area is 96.6 Å². The van der Waals surface area contributed by atoms with Crippen LogP contribution in [0.5, 0.6) is 0 Å². The first kappa shape index (κ1) is 11.9. The quantitative estimate of drug-likeness (QED) is 0.790. The summed E-state index contributed by atoms with van der Waals surface area (Å²) < 4.78 is 5.34. The van der Waals surface area contributed by atoms with Gasteiger partial charge in [0.15, 0.2) is 0 Å². The highest BCUT2D eigenvalue weighted by Gasteiger charge is 2.27. The fraction of sp³-hybridized carbons (Fsp3) is 0.917. The van der Waals surface area contributed by atoms with Gasteiger partial charge in [-0.05, 0) is 31.6 Å². The summed E-state index contributed by atoms with van der Waals surface area (Å²) in [5.41, 5.74) is 0. The molecule has 1 aliphatic heterocycles. The Balaban J connectivity index is 1.73. The van der Waals surface area contributed by atoms with Crippen molar-refractivity contribution in [1.29, 1.82) is 0 Å². The van der Waals surface area contributed by atoms with Crippen LogP contribution in [0.3, 0.4) is 0 Å². The molecule has 1 saturated carbocycles. The number of carbonyl (C=O) groups is 1. The summed E-state index contributed by atoms with van der Waals surface area (Å²) in [4.78, 5) is 13.1. The summed E-state index contributed by atoms with van der Waals surface area (Å²) in [6, 6.07) is 0.675. The van der Waals surface area contributed by atoms with Gasteiger partial charge in [0.2, 0.25) is 0 Å². The van der Waals surface area contributed by atoms with E-state index in [0.29, 0.717) is 18.4 Å². The third-order valence-corrected chi connectivity index (χ3v) is 3.84. The maximum absolute atomic E-state index is 10.6. The number of hydrogen-bond donors (Lipinski definition) is 1. The van der Waals surface area contributed by atoms with E-state index in [1.807, 2.05) is 0 Å². The molecule has 0 spiro atoms. The molecule has 4 nitrogen and oxygen atoms in total. The molecule has 92 valence electrons. The van der Waals surface area contributed by atoms with Crippen molar-refractivity contribution in [3.05, 3.63) is 0 Å². The highest BCUT2D eigenvalue weighted by molar-refractivity contribution is 5.67.